The summed E-state index contributed by atoms with van der Waals surface area (Å²) < 4.78 is 6.97. The molecule has 0 saturated carbocycles. The predicted octanol–water partition coefficient (Wildman–Crippen LogP) is 1.08. The second kappa shape index (κ2) is 5.22. The van der Waals surface area contributed by atoms with Crippen LogP contribution in [0.15, 0.2) is 35.7 Å². The number of hydrogen-bond acceptors (Lipinski definition) is 7. The van der Waals surface area contributed by atoms with Crippen molar-refractivity contribution in [3.05, 3.63) is 30.6 Å². The molecule has 1 atom stereocenters. The summed E-state index contributed by atoms with van der Waals surface area (Å²) in [4.78, 5) is 0. The minimum Gasteiger partial charge on any atom is -0.494 e. The van der Waals surface area contributed by atoms with Crippen molar-refractivity contribution in [3.8, 4) is 5.75 Å². The third kappa shape index (κ3) is 2.66. The third-order valence-corrected chi connectivity index (χ3v) is 3.85. The quantitative estimate of drug-likeness (QED) is 0.727. The maximum Gasteiger partial charge on any atom is 0.237 e. The molecule has 20 heavy (non-hydrogen) atoms. The van der Waals surface area contributed by atoms with E-state index < -0.39 is 5.85 Å². The van der Waals surface area contributed by atoms with Crippen LogP contribution < -0.4 is 15.5 Å². The van der Waals surface area contributed by atoms with Crippen LogP contribution in [0.3, 0.4) is 0 Å². The molecular formula is C12H15N5O2S. The molecule has 1 aromatic carbocycles. The van der Waals surface area contributed by atoms with Crippen molar-refractivity contribution in [3.63, 3.8) is 0 Å². The molecule has 8 heteroatoms. The summed E-state index contributed by atoms with van der Waals surface area (Å²) in [6.07, 6.45) is 1.52. The van der Waals surface area contributed by atoms with Gasteiger partial charge in [-0.15, -0.1) is 10.2 Å². The smallest absolute Gasteiger partial charge is 0.237 e. The second-order valence-corrected chi connectivity index (χ2v) is 5.27. The molecule has 3 N–H and O–H groups in total. The van der Waals surface area contributed by atoms with Crippen LogP contribution in [0.2, 0.25) is 0 Å². The van der Waals surface area contributed by atoms with E-state index in [2.05, 4.69) is 20.9 Å². The average Bonchev–Trinajstić information content (AvgIpc) is 2.88. The number of hydrogen-bond donors (Lipinski definition) is 3. The molecule has 1 aliphatic rings. The molecule has 0 fully saturated rings. The molecule has 0 spiro atoms. The number of thioether (sulfide) groups is 1. The highest BCUT2D eigenvalue weighted by atomic mass is 32.2. The molecule has 3 rings (SSSR count). The minimum absolute atomic E-state index is 0.416. The van der Waals surface area contributed by atoms with E-state index in [1.54, 1.807) is 4.68 Å². The van der Waals surface area contributed by atoms with Gasteiger partial charge in [-0.2, -0.15) is 0 Å². The van der Waals surface area contributed by atoms with Crippen molar-refractivity contribution in [1.82, 2.24) is 14.9 Å². The van der Waals surface area contributed by atoms with E-state index in [0.29, 0.717) is 12.4 Å². The number of rotatable bonds is 4. The van der Waals surface area contributed by atoms with Gasteiger partial charge in [0.2, 0.25) is 11.0 Å². The Morgan fingerprint density at radius 3 is 3.05 bits per heavy atom. The lowest BCUT2D eigenvalue weighted by molar-refractivity contribution is 0.106. The second-order valence-electron chi connectivity index (χ2n) is 4.33. The molecule has 1 aromatic heterocycles. The zero-order valence-electron chi connectivity index (χ0n) is 10.9. The first kappa shape index (κ1) is 13.1. The van der Waals surface area contributed by atoms with Gasteiger partial charge >= 0.3 is 0 Å². The van der Waals surface area contributed by atoms with Crippen molar-refractivity contribution in [2.45, 2.75) is 17.9 Å². The van der Waals surface area contributed by atoms with Crippen LogP contribution in [0.4, 0.5) is 5.69 Å². The van der Waals surface area contributed by atoms with Gasteiger partial charge in [0, 0.05) is 5.69 Å². The van der Waals surface area contributed by atoms with Gasteiger partial charge in [0.15, 0.2) is 0 Å². The van der Waals surface area contributed by atoms with Crippen molar-refractivity contribution in [2.24, 2.45) is 0 Å². The van der Waals surface area contributed by atoms with E-state index in [9.17, 15) is 5.11 Å². The summed E-state index contributed by atoms with van der Waals surface area (Å²) in [6.45, 7) is 2.57. The number of aliphatic hydroxyl groups is 1. The fourth-order valence-corrected chi connectivity index (χ4v) is 2.72. The van der Waals surface area contributed by atoms with Crippen LogP contribution in [0, 0.1) is 0 Å². The zero-order valence-corrected chi connectivity index (χ0v) is 11.7. The lowest BCUT2D eigenvalue weighted by atomic mass is 10.3. The van der Waals surface area contributed by atoms with Gasteiger partial charge in [-0.3, -0.25) is 5.43 Å². The molecule has 1 unspecified atom stereocenters. The van der Waals surface area contributed by atoms with Gasteiger partial charge < -0.3 is 15.2 Å². The Morgan fingerprint density at radius 2 is 2.30 bits per heavy atom. The normalized spacial score (nSPS) is 20.9. The molecule has 1 aliphatic heterocycles. The summed E-state index contributed by atoms with van der Waals surface area (Å²) in [5.74, 6) is -0.0383. The fraction of sp³-hybridized carbons (Fsp3) is 0.333. The third-order valence-electron chi connectivity index (χ3n) is 2.75. The Morgan fingerprint density at radius 1 is 1.50 bits per heavy atom. The van der Waals surface area contributed by atoms with Crippen molar-refractivity contribution in [2.75, 3.05) is 23.1 Å². The molecule has 7 nitrogen and oxygen atoms in total. The highest BCUT2D eigenvalue weighted by Gasteiger charge is 2.33. The zero-order chi connectivity index (χ0) is 14.0. The van der Waals surface area contributed by atoms with Gasteiger partial charge in [-0.1, -0.05) is 11.8 Å². The first-order valence-corrected chi connectivity index (χ1v) is 7.21. The summed E-state index contributed by atoms with van der Waals surface area (Å²) in [5.41, 5.74) is 3.72. The maximum atomic E-state index is 10.5. The van der Waals surface area contributed by atoms with E-state index in [4.69, 9.17) is 4.74 Å². The number of benzene rings is 1. The minimum atomic E-state index is -1.26. The molecule has 0 radical (unpaired) electrons. The Bertz CT molecular complexity index is 588. The van der Waals surface area contributed by atoms with Gasteiger partial charge in [0.05, 0.1) is 12.4 Å². The molecule has 106 valence electrons. The first-order chi connectivity index (χ1) is 9.68. The number of fused-ring (bicyclic) bond motifs is 1. The lowest BCUT2D eigenvalue weighted by Crippen LogP contribution is -2.54. The van der Waals surface area contributed by atoms with Crippen LogP contribution in [-0.4, -0.2) is 38.2 Å². The van der Waals surface area contributed by atoms with E-state index >= 15 is 0 Å². The number of nitrogens with zero attached hydrogens (tertiary/aromatic N) is 3. The average molecular weight is 293 g/mol. The highest BCUT2D eigenvalue weighted by molar-refractivity contribution is 7.99. The Kier molecular flexibility index (Phi) is 3.41. The van der Waals surface area contributed by atoms with Crippen molar-refractivity contribution >= 4 is 17.4 Å². The molecule has 0 bridgehead atoms. The Balaban J connectivity index is 1.71. The Labute approximate surface area is 120 Å². The van der Waals surface area contributed by atoms with Gasteiger partial charge in [-0.25, -0.2) is 4.68 Å². The summed E-state index contributed by atoms with van der Waals surface area (Å²) in [7, 11) is 0. The van der Waals surface area contributed by atoms with E-state index in [0.717, 1.165) is 16.6 Å². The number of nitrogens with one attached hydrogen (secondary N) is 2. The number of aromatic nitrogens is 3. The van der Waals surface area contributed by atoms with Gasteiger partial charge in [0.1, 0.15) is 12.1 Å². The standard InChI is InChI=1S/C12H15N5O2S/c1-2-19-10-5-3-9(4-6-10)14-12(18)7-20-11-15-13-8-17(11)16-12/h3-6,8,14,16,18H,2,7H2,1H3. The topological polar surface area (TPSA) is 84.2 Å². The molecular weight excluding hydrogens is 278 g/mol. The predicted molar refractivity (Wildman–Crippen MR) is 76.3 cm³/mol. The lowest BCUT2D eigenvalue weighted by Gasteiger charge is -2.34. The van der Waals surface area contributed by atoms with Gasteiger partial charge in [-0.05, 0) is 31.2 Å². The van der Waals surface area contributed by atoms with Crippen molar-refractivity contribution < 1.29 is 9.84 Å². The largest absolute Gasteiger partial charge is 0.494 e. The van der Waals surface area contributed by atoms with Gasteiger partial charge in [0.25, 0.3) is 0 Å². The summed E-state index contributed by atoms with van der Waals surface area (Å²) >= 11 is 1.42. The molecule has 0 aliphatic carbocycles. The first-order valence-electron chi connectivity index (χ1n) is 6.23. The fourth-order valence-electron chi connectivity index (χ4n) is 1.90. The van der Waals surface area contributed by atoms with E-state index in [1.807, 2.05) is 31.2 Å². The maximum absolute atomic E-state index is 10.5. The van der Waals surface area contributed by atoms with Crippen LogP contribution in [0.25, 0.3) is 0 Å². The highest BCUT2D eigenvalue weighted by Crippen LogP contribution is 2.27. The van der Waals surface area contributed by atoms with Crippen molar-refractivity contribution in [1.29, 1.82) is 0 Å². The van der Waals surface area contributed by atoms with Crippen LogP contribution >= 0.6 is 11.8 Å². The van der Waals surface area contributed by atoms with Crippen LogP contribution in [0.1, 0.15) is 6.92 Å². The molecule has 2 aromatic rings. The summed E-state index contributed by atoms with van der Waals surface area (Å²) in [5, 5.41) is 22.0. The van der Waals surface area contributed by atoms with Crippen LogP contribution in [-0.2, 0) is 0 Å². The molecule has 0 amide bonds. The SMILES string of the molecule is CCOc1ccc(NC2(O)CSc3nncn3N2)cc1. The van der Waals surface area contributed by atoms with E-state index in [1.165, 1.54) is 18.1 Å². The Hall–Kier alpha value is -1.93. The number of ether oxygens (including phenoxy) is 1. The van der Waals surface area contributed by atoms with E-state index in [-0.39, 0.29) is 0 Å². The molecule has 2 heterocycles. The monoisotopic (exact) mass is 293 g/mol. The number of anilines is 1. The molecule has 0 saturated heterocycles. The van der Waals surface area contributed by atoms with Crippen LogP contribution in [0.5, 0.6) is 5.75 Å². The summed E-state index contributed by atoms with van der Waals surface area (Å²) in [6, 6.07) is 7.43.